The van der Waals surface area contributed by atoms with E-state index >= 15 is 0 Å². The number of hydrogen-bond donors (Lipinski definition) is 2. The van der Waals surface area contributed by atoms with Crippen LogP contribution in [0, 0.1) is 0 Å². The van der Waals surface area contributed by atoms with E-state index in [1.54, 1.807) is 17.9 Å². The molecule has 0 aliphatic heterocycles. The van der Waals surface area contributed by atoms with Gasteiger partial charge in [-0.25, -0.2) is 0 Å². The van der Waals surface area contributed by atoms with Crippen LogP contribution < -0.4 is 11.1 Å². The number of carbonyl (C=O) groups excluding carboxylic acids is 1. The normalized spacial score (nSPS) is 9.62. The predicted octanol–water partition coefficient (Wildman–Crippen LogP) is -0.564. The Bertz CT molecular complexity index is 333. The number of nitrogens with two attached hydrogens (primary N) is 1. The minimum Gasteiger partial charge on any atom is -0.392 e. The third-order valence-corrected chi connectivity index (χ3v) is 1.53. The van der Waals surface area contributed by atoms with Crippen molar-refractivity contribution in [3.8, 4) is 0 Å². The molecule has 1 aromatic rings. The van der Waals surface area contributed by atoms with Crippen LogP contribution in [0.5, 0.6) is 0 Å². The number of hydrogen-bond acceptors (Lipinski definition) is 3. The van der Waals surface area contributed by atoms with Gasteiger partial charge in [-0.1, -0.05) is 12.2 Å². The summed E-state index contributed by atoms with van der Waals surface area (Å²) in [5.74, 6) is -0.221. The van der Waals surface area contributed by atoms with Gasteiger partial charge in [0, 0.05) is 13.2 Å². The van der Waals surface area contributed by atoms with Crippen LogP contribution in [-0.4, -0.2) is 27.2 Å². The highest BCUT2D eigenvalue weighted by Crippen LogP contribution is 1.94. The topological polar surface area (TPSA) is 72.9 Å². The van der Waals surface area contributed by atoms with Gasteiger partial charge in [-0.05, 0) is 0 Å². The van der Waals surface area contributed by atoms with E-state index in [9.17, 15) is 4.79 Å². The zero-order valence-corrected chi connectivity index (χ0v) is 7.97. The number of amides is 1. The van der Waals surface area contributed by atoms with E-state index in [1.165, 1.54) is 6.20 Å². The summed E-state index contributed by atoms with van der Waals surface area (Å²) in [4.78, 5) is 11.5. The van der Waals surface area contributed by atoms with Gasteiger partial charge < -0.3 is 11.1 Å². The maximum absolute atomic E-state index is 11.3. The molecule has 1 amide bonds. The predicted molar refractivity (Wildman–Crippen MR) is 52.3 cm³/mol. The summed E-state index contributed by atoms with van der Waals surface area (Å²) >= 11 is 4.61. The minimum absolute atomic E-state index is 0.211. The molecule has 1 rings (SSSR count). The van der Waals surface area contributed by atoms with Crippen molar-refractivity contribution in [2.24, 2.45) is 12.8 Å². The number of aromatic nitrogens is 2. The lowest BCUT2D eigenvalue weighted by Crippen LogP contribution is -2.32. The molecule has 6 heteroatoms. The van der Waals surface area contributed by atoms with Crippen molar-refractivity contribution in [3.63, 3.8) is 0 Å². The maximum atomic E-state index is 11.3. The Hall–Kier alpha value is -1.43. The molecule has 0 saturated heterocycles. The molecule has 0 aromatic carbocycles. The van der Waals surface area contributed by atoms with Crippen molar-refractivity contribution in [2.45, 2.75) is 0 Å². The van der Waals surface area contributed by atoms with E-state index in [0.29, 0.717) is 5.56 Å². The zero-order valence-electron chi connectivity index (χ0n) is 7.15. The molecule has 70 valence electrons. The van der Waals surface area contributed by atoms with Crippen LogP contribution >= 0.6 is 12.2 Å². The molecule has 0 unspecified atom stereocenters. The number of rotatable bonds is 3. The maximum Gasteiger partial charge on any atom is 0.254 e. The van der Waals surface area contributed by atoms with E-state index in [2.05, 4.69) is 22.6 Å². The van der Waals surface area contributed by atoms with Crippen molar-refractivity contribution >= 4 is 23.1 Å². The Balaban J connectivity index is 2.54. The standard InChI is InChI=1S/C7H10N4OS/c1-11-4-5(2-10-11)7(12)9-3-6(8)13/h2,4H,3H2,1H3,(H2,8,13)(H,9,12). The average molecular weight is 198 g/mol. The molecule has 0 saturated carbocycles. The van der Waals surface area contributed by atoms with Gasteiger partial charge >= 0.3 is 0 Å². The van der Waals surface area contributed by atoms with Crippen LogP contribution in [0.1, 0.15) is 10.4 Å². The van der Waals surface area contributed by atoms with Gasteiger partial charge in [0.15, 0.2) is 0 Å². The molecule has 0 fully saturated rings. The Labute approximate surface area is 80.9 Å². The molecule has 13 heavy (non-hydrogen) atoms. The largest absolute Gasteiger partial charge is 0.392 e. The van der Waals surface area contributed by atoms with Crippen molar-refractivity contribution in [1.29, 1.82) is 0 Å². The molecule has 1 heterocycles. The molecule has 3 N–H and O–H groups in total. The van der Waals surface area contributed by atoms with E-state index in [4.69, 9.17) is 5.73 Å². The van der Waals surface area contributed by atoms with Crippen LogP contribution in [0.2, 0.25) is 0 Å². The lowest BCUT2D eigenvalue weighted by atomic mass is 10.3. The molecule has 0 aliphatic rings. The minimum atomic E-state index is -0.221. The summed E-state index contributed by atoms with van der Waals surface area (Å²) in [6, 6.07) is 0. The Kier molecular flexibility index (Phi) is 2.97. The average Bonchev–Trinajstić information content (AvgIpc) is 2.47. The van der Waals surface area contributed by atoms with Gasteiger partial charge in [-0.15, -0.1) is 0 Å². The van der Waals surface area contributed by atoms with E-state index < -0.39 is 0 Å². The summed E-state index contributed by atoms with van der Waals surface area (Å²) in [5.41, 5.74) is 5.72. The van der Waals surface area contributed by atoms with Crippen LogP contribution in [0.3, 0.4) is 0 Å². The summed E-state index contributed by atoms with van der Waals surface area (Å²) in [7, 11) is 1.74. The highest BCUT2D eigenvalue weighted by Gasteiger charge is 2.06. The Morgan fingerprint density at radius 1 is 1.85 bits per heavy atom. The van der Waals surface area contributed by atoms with E-state index in [-0.39, 0.29) is 17.4 Å². The molecule has 5 nitrogen and oxygen atoms in total. The monoisotopic (exact) mass is 198 g/mol. The van der Waals surface area contributed by atoms with Gasteiger partial charge in [0.2, 0.25) is 0 Å². The molecule has 0 spiro atoms. The Morgan fingerprint density at radius 2 is 2.54 bits per heavy atom. The van der Waals surface area contributed by atoms with Crippen molar-refractivity contribution in [2.75, 3.05) is 6.54 Å². The molecular weight excluding hydrogens is 188 g/mol. The first kappa shape index (κ1) is 9.66. The SMILES string of the molecule is Cn1cc(C(=O)NCC(N)=S)cn1. The van der Waals surface area contributed by atoms with Crippen molar-refractivity contribution < 1.29 is 4.79 Å². The molecule has 0 aliphatic carbocycles. The molecule has 0 bridgehead atoms. The van der Waals surface area contributed by atoms with E-state index in [0.717, 1.165) is 0 Å². The van der Waals surface area contributed by atoms with Gasteiger partial charge in [0.05, 0.1) is 23.3 Å². The number of carbonyl (C=O) groups is 1. The summed E-state index contributed by atoms with van der Waals surface area (Å²) in [6.45, 7) is 0.211. The van der Waals surface area contributed by atoms with Gasteiger partial charge in [0.25, 0.3) is 5.91 Å². The summed E-state index contributed by atoms with van der Waals surface area (Å²) < 4.78 is 1.55. The third kappa shape index (κ3) is 2.83. The first-order valence-electron chi connectivity index (χ1n) is 3.64. The molecule has 1 aromatic heterocycles. The quantitative estimate of drug-likeness (QED) is 0.638. The van der Waals surface area contributed by atoms with Gasteiger partial charge in [-0.3, -0.25) is 9.48 Å². The number of nitrogens with one attached hydrogen (secondary N) is 1. The zero-order chi connectivity index (χ0) is 9.84. The fourth-order valence-electron chi connectivity index (χ4n) is 0.808. The van der Waals surface area contributed by atoms with Crippen LogP contribution in [-0.2, 0) is 7.05 Å². The summed E-state index contributed by atoms with van der Waals surface area (Å²) in [6.07, 6.45) is 3.10. The lowest BCUT2D eigenvalue weighted by Gasteiger charge is -1.99. The van der Waals surface area contributed by atoms with Crippen molar-refractivity contribution in [3.05, 3.63) is 18.0 Å². The highest BCUT2D eigenvalue weighted by molar-refractivity contribution is 7.80. The summed E-state index contributed by atoms with van der Waals surface area (Å²) in [5, 5.41) is 6.41. The first-order valence-corrected chi connectivity index (χ1v) is 4.05. The van der Waals surface area contributed by atoms with Crippen LogP contribution in [0.25, 0.3) is 0 Å². The van der Waals surface area contributed by atoms with Crippen LogP contribution in [0.4, 0.5) is 0 Å². The fraction of sp³-hybridized carbons (Fsp3) is 0.286. The number of thiocarbonyl (C=S) groups is 1. The number of aryl methyl sites for hydroxylation is 1. The second kappa shape index (κ2) is 3.99. The van der Waals surface area contributed by atoms with E-state index in [1.807, 2.05) is 0 Å². The second-order valence-corrected chi connectivity index (χ2v) is 3.08. The third-order valence-electron chi connectivity index (χ3n) is 1.39. The lowest BCUT2D eigenvalue weighted by molar-refractivity contribution is 0.0959. The molecule has 0 radical (unpaired) electrons. The smallest absolute Gasteiger partial charge is 0.254 e. The molecular formula is C7H10N4OS. The first-order chi connectivity index (χ1) is 6.09. The van der Waals surface area contributed by atoms with Crippen molar-refractivity contribution in [1.82, 2.24) is 15.1 Å². The second-order valence-electron chi connectivity index (χ2n) is 2.55. The highest BCUT2D eigenvalue weighted by atomic mass is 32.1. The van der Waals surface area contributed by atoms with Gasteiger partial charge in [0.1, 0.15) is 0 Å². The number of nitrogens with zero attached hydrogens (tertiary/aromatic N) is 2. The van der Waals surface area contributed by atoms with Gasteiger partial charge in [-0.2, -0.15) is 5.10 Å². The fourth-order valence-corrected chi connectivity index (χ4v) is 0.880. The van der Waals surface area contributed by atoms with Crippen LogP contribution in [0.15, 0.2) is 12.4 Å². The molecule has 0 atom stereocenters. The Morgan fingerprint density at radius 3 is 3.00 bits per heavy atom.